The van der Waals surface area contributed by atoms with Crippen LogP contribution in [0.5, 0.6) is 0 Å². The summed E-state index contributed by atoms with van der Waals surface area (Å²) in [5.74, 6) is -0.0433. The van der Waals surface area contributed by atoms with E-state index in [2.05, 4.69) is 11.8 Å². The molecule has 0 bridgehead atoms. The summed E-state index contributed by atoms with van der Waals surface area (Å²) in [5.41, 5.74) is 0. The first-order chi connectivity index (χ1) is 8.29. The molecule has 1 rings (SSSR count). The number of nitrogens with zero attached hydrogens (tertiary/aromatic N) is 1. The van der Waals surface area contributed by atoms with Crippen molar-refractivity contribution in [1.29, 1.82) is 0 Å². The second-order valence-electron chi connectivity index (χ2n) is 4.98. The Morgan fingerprint density at radius 1 is 1.24 bits per heavy atom. The topological polar surface area (TPSA) is 29.5 Å². The quantitative estimate of drug-likeness (QED) is 0.507. The van der Waals surface area contributed by atoms with Crippen LogP contribution in [0.3, 0.4) is 0 Å². The molecule has 1 aliphatic heterocycles. The van der Waals surface area contributed by atoms with Crippen LogP contribution in [0.15, 0.2) is 0 Å². The van der Waals surface area contributed by atoms with Gasteiger partial charge in [0.25, 0.3) is 0 Å². The molecule has 17 heavy (non-hydrogen) atoms. The fourth-order valence-corrected chi connectivity index (χ4v) is 2.58. The standard InChI is InChI=1S/C14H27NO2/c1-3-4-5-6-8-11-15-12-9-7-10-13(15)14(16)17-2/h13H,3-12H2,1-2H3/t13-/m1/s1. The van der Waals surface area contributed by atoms with E-state index < -0.39 is 0 Å². The second kappa shape index (κ2) is 8.51. The van der Waals surface area contributed by atoms with Gasteiger partial charge in [-0.25, -0.2) is 0 Å². The predicted octanol–water partition coefficient (Wildman–Crippen LogP) is 2.98. The Labute approximate surface area is 106 Å². The highest BCUT2D eigenvalue weighted by Crippen LogP contribution is 2.19. The molecule has 1 aliphatic rings. The molecular weight excluding hydrogens is 214 g/mol. The molecule has 1 saturated heterocycles. The van der Waals surface area contributed by atoms with E-state index in [4.69, 9.17) is 4.74 Å². The molecule has 0 aromatic heterocycles. The van der Waals surface area contributed by atoms with Crippen LogP contribution in [0.4, 0.5) is 0 Å². The zero-order valence-corrected chi connectivity index (χ0v) is 11.4. The molecular formula is C14H27NO2. The van der Waals surface area contributed by atoms with Crippen LogP contribution in [0.2, 0.25) is 0 Å². The van der Waals surface area contributed by atoms with Crippen molar-refractivity contribution in [2.75, 3.05) is 20.2 Å². The number of hydrogen-bond acceptors (Lipinski definition) is 3. The first kappa shape index (κ1) is 14.5. The van der Waals surface area contributed by atoms with Gasteiger partial charge in [-0.3, -0.25) is 9.69 Å². The van der Waals surface area contributed by atoms with Gasteiger partial charge < -0.3 is 4.74 Å². The third-order valence-corrected chi connectivity index (χ3v) is 3.64. The van der Waals surface area contributed by atoms with Gasteiger partial charge in [0.15, 0.2) is 0 Å². The van der Waals surface area contributed by atoms with Crippen LogP contribution >= 0.6 is 0 Å². The van der Waals surface area contributed by atoms with Gasteiger partial charge in [-0.2, -0.15) is 0 Å². The highest BCUT2D eigenvalue weighted by Gasteiger charge is 2.28. The van der Waals surface area contributed by atoms with Crippen LogP contribution in [0.1, 0.15) is 58.3 Å². The third-order valence-electron chi connectivity index (χ3n) is 3.64. The number of hydrogen-bond donors (Lipinski definition) is 0. The largest absolute Gasteiger partial charge is 0.468 e. The van der Waals surface area contributed by atoms with E-state index in [9.17, 15) is 4.79 Å². The van der Waals surface area contributed by atoms with E-state index in [0.717, 1.165) is 25.9 Å². The van der Waals surface area contributed by atoms with Crippen LogP contribution in [0, 0.1) is 0 Å². The van der Waals surface area contributed by atoms with Crippen molar-refractivity contribution in [3.63, 3.8) is 0 Å². The van der Waals surface area contributed by atoms with Crippen LogP contribution in [-0.2, 0) is 9.53 Å². The summed E-state index contributed by atoms with van der Waals surface area (Å²) in [6.07, 6.45) is 9.81. The normalized spacial score (nSPS) is 21.4. The molecule has 0 N–H and O–H groups in total. The fourth-order valence-electron chi connectivity index (χ4n) is 2.58. The Morgan fingerprint density at radius 2 is 2.00 bits per heavy atom. The molecule has 0 radical (unpaired) electrons. The van der Waals surface area contributed by atoms with E-state index in [1.165, 1.54) is 45.6 Å². The number of piperidine rings is 1. The first-order valence-electron chi connectivity index (χ1n) is 7.11. The van der Waals surface area contributed by atoms with E-state index in [0.29, 0.717) is 0 Å². The van der Waals surface area contributed by atoms with E-state index in [1.807, 2.05) is 0 Å². The van der Waals surface area contributed by atoms with Crippen molar-refractivity contribution < 1.29 is 9.53 Å². The summed E-state index contributed by atoms with van der Waals surface area (Å²) in [7, 11) is 1.50. The Balaban J connectivity index is 2.25. The molecule has 1 atom stereocenters. The van der Waals surface area contributed by atoms with Crippen molar-refractivity contribution >= 4 is 5.97 Å². The lowest BCUT2D eigenvalue weighted by molar-refractivity contribution is -0.148. The number of esters is 1. The maximum Gasteiger partial charge on any atom is 0.323 e. The lowest BCUT2D eigenvalue weighted by Crippen LogP contribution is -2.45. The highest BCUT2D eigenvalue weighted by molar-refractivity contribution is 5.75. The average Bonchev–Trinajstić information content (AvgIpc) is 2.38. The van der Waals surface area contributed by atoms with Crippen molar-refractivity contribution in [1.82, 2.24) is 4.90 Å². The van der Waals surface area contributed by atoms with Crippen LogP contribution in [0.25, 0.3) is 0 Å². The molecule has 1 fully saturated rings. The second-order valence-corrected chi connectivity index (χ2v) is 4.98. The van der Waals surface area contributed by atoms with Crippen molar-refractivity contribution in [3.8, 4) is 0 Å². The SMILES string of the molecule is CCCCCCCN1CCCC[C@@H]1C(=O)OC. The van der Waals surface area contributed by atoms with Gasteiger partial charge >= 0.3 is 5.97 Å². The van der Waals surface area contributed by atoms with Gasteiger partial charge in [-0.1, -0.05) is 39.0 Å². The monoisotopic (exact) mass is 241 g/mol. The first-order valence-corrected chi connectivity index (χ1v) is 7.11. The number of rotatable bonds is 7. The maximum absolute atomic E-state index is 11.6. The van der Waals surface area contributed by atoms with Gasteiger partial charge in [-0.05, 0) is 32.4 Å². The Bertz CT molecular complexity index is 218. The molecule has 3 nitrogen and oxygen atoms in total. The minimum absolute atomic E-state index is 0.0277. The Hall–Kier alpha value is -0.570. The lowest BCUT2D eigenvalue weighted by Gasteiger charge is -2.33. The van der Waals surface area contributed by atoms with Gasteiger partial charge in [0.1, 0.15) is 6.04 Å². The summed E-state index contributed by atoms with van der Waals surface area (Å²) < 4.78 is 4.88. The zero-order valence-electron chi connectivity index (χ0n) is 11.4. The van der Waals surface area contributed by atoms with Gasteiger partial charge in [0, 0.05) is 0 Å². The summed E-state index contributed by atoms with van der Waals surface area (Å²) in [4.78, 5) is 14.0. The van der Waals surface area contributed by atoms with Gasteiger partial charge in [0.2, 0.25) is 0 Å². The molecule has 0 aromatic carbocycles. The Morgan fingerprint density at radius 3 is 2.71 bits per heavy atom. The van der Waals surface area contributed by atoms with Crippen molar-refractivity contribution in [3.05, 3.63) is 0 Å². The smallest absolute Gasteiger partial charge is 0.323 e. The summed E-state index contributed by atoms with van der Waals surface area (Å²) in [5, 5.41) is 0. The van der Waals surface area contributed by atoms with E-state index in [1.54, 1.807) is 0 Å². The molecule has 0 aromatic rings. The van der Waals surface area contributed by atoms with Gasteiger partial charge in [0.05, 0.1) is 7.11 Å². The molecule has 0 amide bonds. The molecule has 0 spiro atoms. The molecule has 0 aliphatic carbocycles. The number of methoxy groups -OCH3 is 1. The maximum atomic E-state index is 11.6. The van der Waals surface area contributed by atoms with E-state index >= 15 is 0 Å². The number of carbonyl (C=O) groups is 1. The molecule has 1 heterocycles. The highest BCUT2D eigenvalue weighted by atomic mass is 16.5. The molecule has 3 heteroatoms. The molecule has 100 valence electrons. The third kappa shape index (κ3) is 5.07. The van der Waals surface area contributed by atoms with Gasteiger partial charge in [-0.15, -0.1) is 0 Å². The number of likely N-dealkylation sites (tertiary alicyclic amines) is 1. The van der Waals surface area contributed by atoms with Crippen molar-refractivity contribution in [2.24, 2.45) is 0 Å². The zero-order chi connectivity index (χ0) is 12.5. The minimum atomic E-state index is -0.0433. The predicted molar refractivity (Wildman–Crippen MR) is 70.0 cm³/mol. The summed E-state index contributed by atoms with van der Waals surface area (Å²) >= 11 is 0. The molecule has 0 saturated carbocycles. The Kier molecular flexibility index (Phi) is 7.25. The van der Waals surface area contributed by atoms with Crippen molar-refractivity contribution in [2.45, 2.75) is 64.3 Å². The summed E-state index contributed by atoms with van der Waals surface area (Å²) in [6.45, 7) is 4.36. The lowest BCUT2D eigenvalue weighted by atomic mass is 10.0. The number of unbranched alkanes of at least 4 members (excludes halogenated alkanes) is 4. The minimum Gasteiger partial charge on any atom is -0.468 e. The number of carbonyl (C=O) groups excluding carboxylic acids is 1. The van der Waals surface area contributed by atoms with Crippen LogP contribution < -0.4 is 0 Å². The number of ether oxygens (including phenoxy) is 1. The fraction of sp³-hybridized carbons (Fsp3) is 0.929. The summed E-state index contributed by atoms with van der Waals surface area (Å²) in [6, 6.07) is 0.0277. The average molecular weight is 241 g/mol. The van der Waals surface area contributed by atoms with Crippen LogP contribution in [-0.4, -0.2) is 37.1 Å². The molecule has 0 unspecified atom stereocenters. The van der Waals surface area contributed by atoms with E-state index in [-0.39, 0.29) is 12.0 Å².